The maximum Gasteiger partial charge on any atom is 0.216 e. The Morgan fingerprint density at radius 2 is 2.08 bits per heavy atom. The number of rotatable bonds is 6. The van der Waals surface area contributed by atoms with E-state index in [4.69, 9.17) is 44.6 Å². The Morgan fingerprint density at radius 1 is 1.32 bits per heavy atom. The van der Waals surface area contributed by atoms with Gasteiger partial charge in [0.05, 0.1) is 16.3 Å². The summed E-state index contributed by atoms with van der Waals surface area (Å²) in [6.45, 7) is 2.17. The SMILES string of the molecule is CCc1n[nH]c(=S)n1/N=C/c1ccc(COc2c(Cl)cccc2Cl)o1. The lowest BCUT2D eigenvalue weighted by Crippen LogP contribution is -1.97. The second-order valence-corrected chi connectivity index (χ2v) is 6.20. The average molecular weight is 397 g/mol. The monoisotopic (exact) mass is 396 g/mol. The molecule has 0 radical (unpaired) electrons. The highest BCUT2D eigenvalue weighted by atomic mass is 35.5. The zero-order chi connectivity index (χ0) is 17.8. The maximum absolute atomic E-state index is 6.07. The first-order valence-corrected chi connectivity index (χ1v) is 8.61. The molecule has 0 saturated carbocycles. The number of nitrogens with zero attached hydrogens (tertiary/aromatic N) is 3. The summed E-state index contributed by atoms with van der Waals surface area (Å²) in [5.41, 5.74) is 0. The van der Waals surface area contributed by atoms with Crippen LogP contribution in [0.3, 0.4) is 0 Å². The Hall–Kier alpha value is -2.09. The van der Waals surface area contributed by atoms with Gasteiger partial charge in [-0.1, -0.05) is 36.2 Å². The van der Waals surface area contributed by atoms with Gasteiger partial charge in [0.2, 0.25) is 4.77 Å². The van der Waals surface area contributed by atoms with E-state index in [0.29, 0.717) is 38.5 Å². The number of hydrogen-bond acceptors (Lipinski definition) is 5. The highest BCUT2D eigenvalue weighted by molar-refractivity contribution is 7.71. The lowest BCUT2D eigenvalue weighted by molar-refractivity contribution is 0.270. The Balaban J connectivity index is 1.69. The molecule has 0 atom stereocenters. The van der Waals surface area contributed by atoms with Crippen LogP contribution in [0, 0.1) is 4.77 Å². The molecule has 0 bridgehead atoms. The summed E-state index contributed by atoms with van der Waals surface area (Å²) >= 11 is 17.3. The molecule has 130 valence electrons. The largest absolute Gasteiger partial charge is 0.483 e. The van der Waals surface area contributed by atoms with Crippen LogP contribution in [0.5, 0.6) is 5.75 Å². The standard InChI is InChI=1S/C16H14Cl2N4O2S/c1-2-14-20-21-16(25)22(14)19-8-10-6-7-11(24-10)9-23-15-12(17)4-3-5-13(15)18/h3-8H,2,9H2,1H3,(H,21,25)/b19-8+. The molecule has 3 rings (SSSR count). The van der Waals surface area contributed by atoms with Crippen molar-refractivity contribution in [3.05, 3.63) is 62.5 Å². The topological polar surface area (TPSA) is 68.3 Å². The van der Waals surface area contributed by atoms with Crippen molar-refractivity contribution < 1.29 is 9.15 Å². The zero-order valence-corrected chi connectivity index (χ0v) is 15.5. The summed E-state index contributed by atoms with van der Waals surface area (Å²) in [6.07, 6.45) is 2.27. The molecule has 6 nitrogen and oxygen atoms in total. The van der Waals surface area contributed by atoms with Crippen molar-refractivity contribution in [1.29, 1.82) is 0 Å². The summed E-state index contributed by atoms with van der Waals surface area (Å²) in [5.74, 6) is 2.34. The molecular formula is C16H14Cl2N4O2S. The van der Waals surface area contributed by atoms with Gasteiger partial charge in [-0.2, -0.15) is 14.9 Å². The first-order chi connectivity index (χ1) is 12.1. The van der Waals surface area contributed by atoms with Crippen LogP contribution in [-0.2, 0) is 13.0 Å². The summed E-state index contributed by atoms with van der Waals surface area (Å²) in [5, 5.41) is 12.0. The maximum atomic E-state index is 6.07. The number of aromatic amines is 1. The molecule has 2 heterocycles. The van der Waals surface area contributed by atoms with Gasteiger partial charge in [0.25, 0.3) is 0 Å². The molecule has 0 fully saturated rings. The van der Waals surface area contributed by atoms with Gasteiger partial charge < -0.3 is 9.15 Å². The van der Waals surface area contributed by atoms with Gasteiger partial charge >= 0.3 is 0 Å². The smallest absolute Gasteiger partial charge is 0.216 e. The normalized spacial score (nSPS) is 11.3. The highest BCUT2D eigenvalue weighted by Crippen LogP contribution is 2.32. The molecule has 0 aliphatic carbocycles. The third-order valence-electron chi connectivity index (χ3n) is 3.29. The zero-order valence-electron chi connectivity index (χ0n) is 13.2. The van der Waals surface area contributed by atoms with Crippen LogP contribution in [0.25, 0.3) is 0 Å². The Kier molecular flexibility index (Phi) is 5.57. The molecule has 0 spiro atoms. The number of furan rings is 1. The molecular weight excluding hydrogens is 383 g/mol. The third-order valence-corrected chi connectivity index (χ3v) is 4.15. The molecule has 25 heavy (non-hydrogen) atoms. The third kappa shape index (κ3) is 4.12. The summed E-state index contributed by atoms with van der Waals surface area (Å²) in [4.78, 5) is 0. The van der Waals surface area contributed by atoms with Crippen molar-refractivity contribution >= 4 is 41.6 Å². The minimum Gasteiger partial charge on any atom is -0.483 e. The van der Waals surface area contributed by atoms with E-state index >= 15 is 0 Å². The second-order valence-electron chi connectivity index (χ2n) is 5.00. The van der Waals surface area contributed by atoms with Crippen LogP contribution in [0.1, 0.15) is 24.3 Å². The predicted octanol–water partition coefficient (Wildman–Crippen LogP) is 4.86. The molecule has 0 amide bonds. The van der Waals surface area contributed by atoms with Crippen molar-refractivity contribution in [2.75, 3.05) is 0 Å². The quantitative estimate of drug-likeness (QED) is 0.476. The number of H-pyrrole nitrogens is 1. The van der Waals surface area contributed by atoms with Crippen LogP contribution in [0.2, 0.25) is 10.0 Å². The van der Waals surface area contributed by atoms with Crippen LogP contribution < -0.4 is 4.74 Å². The fourth-order valence-corrected chi connectivity index (χ4v) is 2.80. The van der Waals surface area contributed by atoms with Crippen molar-refractivity contribution in [2.45, 2.75) is 20.0 Å². The second kappa shape index (κ2) is 7.86. The number of nitrogens with one attached hydrogen (secondary N) is 1. The minimum atomic E-state index is 0.197. The highest BCUT2D eigenvalue weighted by Gasteiger charge is 2.09. The van der Waals surface area contributed by atoms with E-state index in [1.54, 1.807) is 41.2 Å². The summed E-state index contributed by atoms with van der Waals surface area (Å²) in [7, 11) is 0. The van der Waals surface area contributed by atoms with Gasteiger partial charge in [-0.25, -0.2) is 0 Å². The summed E-state index contributed by atoms with van der Waals surface area (Å²) < 4.78 is 13.3. The minimum absolute atomic E-state index is 0.197. The molecule has 0 unspecified atom stereocenters. The molecule has 1 N–H and O–H groups in total. The number of aryl methyl sites for hydroxylation is 1. The van der Waals surface area contributed by atoms with Crippen LogP contribution in [-0.4, -0.2) is 21.1 Å². The fourth-order valence-electron chi connectivity index (χ4n) is 2.09. The number of benzene rings is 1. The van der Waals surface area contributed by atoms with Gasteiger partial charge in [-0.15, -0.1) is 0 Å². The van der Waals surface area contributed by atoms with Crippen molar-refractivity contribution in [1.82, 2.24) is 14.9 Å². The molecule has 9 heteroatoms. The number of aromatic nitrogens is 3. The van der Waals surface area contributed by atoms with Crippen molar-refractivity contribution in [3.63, 3.8) is 0 Å². The van der Waals surface area contributed by atoms with Crippen LogP contribution in [0.15, 0.2) is 39.9 Å². The van der Waals surface area contributed by atoms with E-state index in [2.05, 4.69) is 15.3 Å². The number of para-hydroxylation sites is 1. The first-order valence-electron chi connectivity index (χ1n) is 7.44. The van der Waals surface area contributed by atoms with Crippen LogP contribution in [0.4, 0.5) is 0 Å². The predicted molar refractivity (Wildman–Crippen MR) is 99.3 cm³/mol. The van der Waals surface area contributed by atoms with E-state index in [0.717, 1.165) is 5.82 Å². The fraction of sp³-hybridized carbons (Fsp3) is 0.188. The first kappa shape index (κ1) is 17.7. The number of halogens is 2. The van der Waals surface area contributed by atoms with Gasteiger partial charge in [0, 0.05) is 6.42 Å². The van der Waals surface area contributed by atoms with Gasteiger partial charge in [0.1, 0.15) is 18.1 Å². The molecule has 0 aliphatic heterocycles. The van der Waals surface area contributed by atoms with E-state index in [9.17, 15) is 0 Å². The van der Waals surface area contributed by atoms with Crippen molar-refractivity contribution in [2.24, 2.45) is 5.10 Å². The molecule has 1 aromatic carbocycles. The van der Waals surface area contributed by atoms with Gasteiger partial charge in [-0.3, -0.25) is 5.10 Å². The Morgan fingerprint density at radius 3 is 2.80 bits per heavy atom. The Labute approximate surface area is 159 Å². The molecule has 3 aromatic rings. The molecule has 0 aliphatic rings. The van der Waals surface area contributed by atoms with E-state index in [1.807, 2.05) is 6.92 Å². The lowest BCUT2D eigenvalue weighted by Gasteiger charge is -2.07. The van der Waals surface area contributed by atoms with Gasteiger partial charge in [-0.05, 0) is 36.5 Å². The number of hydrogen-bond donors (Lipinski definition) is 1. The lowest BCUT2D eigenvalue weighted by atomic mass is 10.3. The number of ether oxygens (including phenoxy) is 1. The molecule has 0 saturated heterocycles. The van der Waals surface area contributed by atoms with E-state index in [1.165, 1.54) is 0 Å². The van der Waals surface area contributed by atoms with Crippen molar-refractivity contribution in [3.8, 4) is 5.75 Å². The summed E-state index contributed by atoms with van der Waals surface area (Å²) in [6, 6.07) is 8.75. The molecule has 2 aromatic heterocycles. The van der Waals surface area contributed by atoms with Crippen LogP contribution >= 0.6 is 35.4 Å². The van der Waals surface area contributed by atoms with E-state index in [-0.39, 0.29) is 6.61 Å². The van der Waals surface area contributed by atoms with Gasteiger partial charge in [0.15, 0.2) is 11.6 Å². The van der Waals surface area contributed by atoms with E-state index < -0.39 is 0 Å². The average Bonchev–Trinajstić information content (AvgIpc) is 3.19. The Bertz CT molecular complexity index is 941.